The Kier molecular flexibility index (Phi) is 7.26. The van der Waals surface area contributed by atoms with Gasteiger partial charge in [-0.05, 0) is 60.5 Å². The fourth-order valence-corrected chi connectivity index (χ4v) is 4.40. The summed E-state index contributed by atoms with van der Waals surface area (Å²) in [6.45, 7) is 2.75. The zero-order valence-electron chi connectivity index (χ0n) is 15.4. The summed E-state index contributed by atoms with van der Waals surface area (Å²) in [5, 5.41) is 9.70. The van der Waals surface area contributed by atoms with Crippen LogP contribution in [0.5, 0.6) is 5.75 Å². The number of benzene rings is 1. The van der Waals surface area contributed by atoms with Crippen LogP contribution in [0.2, 0.25) is 0 Å². The van der Waals surface area contributed by atoms with Crippen molar-refractivity contribution in [3.8, 4) is 5.75 Å². The van der Waals surface area contributed by atoms with Crippen molar-refractivity contribution in [3.05, 3.63) is 74.6 Å². The van der Waals surface area contributed by atoms with E-state index in [2.05, 4.69) is 75.9 Å². The highest BCUT2D eigenvalue weighted by molar-refractivity contribution is 7.10. The Labute approximate surface area is 164 Å². The smallest absolute Gasteiger partial charge is 0.134 e. The van der Waals surface area contributed by atoms with Gasteiger partial charge in [0, 0.05) is 30.0 Å². The Bertz CT molecular complexity index is 756. The lowest BCUT2D eigenvalue weighted by molar-refractivity contribution is 0.193. The van der Waals surface area contributed by atoms with E-state index >= 15 is 0 Å². The Morgan fingerprint density at radius 2 is 1.96 bits per heavy atom. The summed E-state index contributed by atoms with van der Waals surface area (Å²) in [5.41, 5.74) is 2.60. The number of thiophene rings is 2. The average Bonchev–Trinajstić information content (AvgIpc) is 3.34. The van der Waals surface area contributed by atoms with Crippen molar-refractivity contribution in [3.63, 3.8) is 0 Å². The first kappa shape index (κ1) is 19.1. The lowest BCUT2D eigenvalue weighted by atomic mass is 10.1. The van der Waals surface area contributed by atoms with Crippen molar-refractivity contribution in [2.45, 2.75) is 25.6 Å². The van der Waals surface area contributed by atoms with Gasteiger partial charge in [0.05, 0.1) is 0 Å². The normalized spacial score (nSPS) is 12.4. The van der Waals surface area contributed by atoms with Crippen LogP contribution in [0.4, 0.5) is 0 Å². The van der Waals surface area contributed by atoms with Crippen molar-refractivity contribution in [1.29, 1.82) is 0 Å². The highest BCUT2D eigenvalue weighted by atomic mass is 32.1. The van der Waals surface area contributed by atoms with Crippen molar-refractivity contribution in [1.82, 2.24) is 10.2 Å². The minimum absolute atomic E-state index is 0.0887. The van der Waals surface area contributed by atoms with E-state index in [4.69, 9.17) is 4.74 Å². The van der Waals surface area contributed by atoms with E-state index in [1.807, 2.05) is 7.05 Å². The van der Waals surface area contributed by atoms with Crippen LogP contribution in [-0.4, -0.2) is 25.5 Å². The molecule has 0 aliphatic carbocycles. The van der Waals surface area contributed by atoms with E-state index in [1.165, 1.54) is 16.0 Å². The molecule has 0 fully saturated rings. The van der Waals surface area contributed by atoms with E-state index in [1.54, 1.807) is 22.7 Å². The second-order valence-corrected chi connectivity index (χ2v) is 8.19. The molecule has 0 aliphatic rings. The van der Waals surface area contributed by atoms with E-state index in [-0.39, 0.29) is 6.10 Å². The maximum Gasteiger partial charge on any atom is 0.134 e. The first-order valence-corrected chi connectivity index (χ1v) is 10.7. The Morgan fingerprint density at radius 3 is 2.69 bits per heavy atom. The Hall–Kier alpha value is -1.66. The molecule has 0 aliphatic heterocycles. The first-order valence-electron chi connectivity index (χ1n) is 8.88. The largest absolute Gasteiger partial charge is 0.485 e. The first-order chi connectivity index (χ1) is 12.8. The van der Waals surface area contributed by atoms with Gasteiger partial charge in [-0.1, -0.05) is 24.3 Å². The van der Waals surface area contributed by atoms with Crippen LogP contribution in [0.3, 0.4) is 0 Å². The predicted octanol–water partition coefficient (Wildman–Crippen LogP) is 5.17. The zero-order chi connectivity index (χ0) is 18.2. The summed E-state index contributed by atoms with van der Waals surface area (Å²) in [7, 11) is 4.14. The number of rotatable bonds is 10. The SMILES string of the molecule is CNCCC(Oc1ccccc1CN(C)Cc1ccsc1)c1cccs1. The molecule has 2 aromatic heterocycles. The molecule has 1 N–H and O–H groups in total. The number of para-hydroxylation sites is 1. The van der Waals surface area contributed by atoms with Crippen LogP contribution in [-0.2, 0) is 13.1 Å². The van der Waals surface area contributed by atoms with Crippen LogP contribution < -0.4 is 10.1 Å². The molecule has 1 aromatic carbocycles. The summed E-state index contributed by atoms with van der Waals surface area (Å²) in [6.07, 6.45) is 1.04. The standard InChI is InChI=1S/C21H26N2OS2/c1-22-11-9-20(21-8-5-12-26-21)24-19-7-4-3-6-18(19)15-23(2)14-17-10-13-25-16-17/h3-8,10,12-13,16,20,22H,9,11,14-15H2,1-2H3. The molecule has 3 nitrogen and oxygen atoms in total. The van der Waals surface area contributed by atoms with Gasteiger partial charge in [0.25, 0.3) is 0 Å². The third-order valence-electron chi connectivity index (χ3n) is 4.23. The Balaban J connectivity index is 1.70. The summed E-state index contributed by atoms with van der Waals surface area (Å²) >= 11 is 3.51. The van der Waals surface area contributed by atoms with Crippen molar-refractivity contribution in [2.75, 3.05) is 20.6 Å². The quantitative estimate of drug-likeness (QED) is 0.520. The maximum absolute atomic E-state index is 6.47. The molecule has 2 heterocycles. The molecule has 1 unspecified atom stereocenters. The van der Waals surface area contributed by atoms with Gasteiger partial charge in [0.1, 0.15) is 11.9 Å². The van der Waals surface area contributed by atoms with Crippen molar-refractivity contribution in [2.24, 2.45) is 0 Å². The average molecular weight is 387 g/mol. The van der Waals surface area contributed by atoms with E-state index in [9.17, 15) is 0 Å². The molecule has 0 saturated heterocycles. The fourth-order valence-electron chi connectivity index (χ4n) is 2.95. The molecule has 0 radical (unpaired) electrons. The topological polar surface area (TPSA) is 24.5 Å². The van der Waals surface area contributed by atoms with Crippen molar-refractivity contribution < 1.29 is 4.74 Å². The zero-order valence-corrected chi connectivity index (χ0v) is 17.0. The fraction of sp³-hybridized carbons (Fsp3) is 0.333. The number of ether oxygens (including phenoxy) is 1. The monoisotopic (exact) mass is 386 g/mol. The number of hydrogen-bond acceptors (Lipinski definition) is 5. The lowest BCUT2D eigenvalue weighted by Crippen LogP contribution is -2.19. The van der Waals surface area contributed by atoms with Gasteiger partial charge in [-0.25, -0.2) is 0 Å². The molecule has 0 bridgehead atoms. The molecule has 138 valence electrons. The molecule has 0 saturated carbocycles. The van der Waals surface area contributed by atoms with Gasteiger partial charge in [0.2, 0.25) is 0 Å². The number of nitrogens with zero attached hydrogens (tertiary/aromatic N) is 1. The van der Waals surface area contributed by atoms with Gasteiger partial charge < -0.3 is 10.1 Å². The van der Waals surface area contributed by atoms with Gasteiger partial charge in [-0.2, -0.15) is 11.3 Å². The van der Waals surface area contributed by atoms with Crippen molar-refractivity contribution >= 4 is 22.7 Å². The van der Waals surface area contributed by atoms with E-state index in [0.29, 0.717) is 0 Å². The summed E-state index contributed by atoms with van der Waals surface area (Å²) < 4.78 is 6.47. The summed E-state index contributed by atoms with van der Waals surface area (Å²) in [6, 6.07) is 14.9. The van der Waals surface area contributed by atoms with Gasteiger partial charge in [-0.3, -0.25) is 4.90 Å². The third-order valence-corrected chi connectivity index (χ3v) is 5.93. The van der Waals surface area contributed by atoms with Crippen LogP contribution in [0.15, 0.2) is 58.6 Å². The maximum atomic E-state index is 6.47. The number of nitrogens with one attached hydrogen (secondary N) is 1. The highest BCUT2D eigenvalue weighted by Gasteiger charge is 2.16. The molecular formula is C21H26N2OS2. The minimum Gasteiger partial charge on any atom is -0.485 e. The minimum atomic E-state index is 0.0887. The molecule has 5 heteroatoms. The molecule has 3 rings (SSSR count). The van der Waals surface area contributed by atoms with E-state index in [0.717, 1.165) is 31.8 Å². The van der Waals surface area contributed by atoms with Crippen LogP contribution in [0.1, 0.15) is 28.5 Å². The second kappa shape index (κ2) is 9.88. The molecule has 0 amide bonds. The van der Waals surface area contributed by atoms with Crippen LogP contribution in [0.25, 0.3) is 0 Å². The lowest BCUT2D eigenvalue weighted by Gasteiger charge is -2.22. The summed E-state index contributed by atoms with van der Waals surface area (Å²) in [5.74, 6) is 0.985. The summed E-state index contributed by atoms with van der Waals surface area (Å²) in [4.78, 5) is 3.61. The second-order valence-electron chi connectivity index (χ2n) is 6.43. The van der Waals surface area contributed by atoms with Gasteiger partial charge in [0.15, 0.2) is 0 Å². The van der Waals surface area contributed by atoms with Crippen LogP contribution >= 0.6 is 22.7 Å². The predicted molar refractivity (Wildman–Crippen MR) is 112 cm³/mol. The molecule has 26 heavy (non-hydrogen) atoms. The third kappa shape index (κ3) is 5.42. The van der Waals surface area contributed by atoms with Gasteiger partial charge in [-0.15, -0.1) is 11.3 Å². The molecule has 1 atom stereocenters. The number of hydrogen-bond donors (Lipinski definition) is 1. The van der Waals surface area contributed by atoms with E-state index < -0.39 is 0 Å². The molecule has 0 spiro atoms. The Morgan fingerprint density at radius 1 is 1.08 bits per heavy atom. The molecular weight excluding hydrogens is 360 g/mol. The molecule has 3 aromatic rings. The van der Waals surface area contributed by atoms with Crippen LogP contribution in [0, 0.1) is 0 Å². The van der Waals surface area contributed by atoms with Gasteiger partial charge >= 0.3 is 0 Å². The highest BCUT2D eigenvalue weighted by Crippen LogP contribution is 2.30.